The maximum Gasteiger partial charge on any atom is 0.246 e. The summed E-state index contributed by atoms with van der Waals surface area (Å²) in [5, 5.41) is 8.82. The quantitative estimate of drug-likeness (QED) is 0.458. The molecule has 0 N–H and O–H groups in total. The number of benzene rings is 2. The maximum atomic E-state index is 12.7. The van der Waals surface area contributed by atoms with E-state index in [2.05, 4.69) is 15.1 Å². The highest BCUT2D eigenvalue weighted by molar-refractivity contribution is 5.92. The standard InChI is InChI=1S/C27H30N4O4/c1-4-35-22-9-7-21(8-10-22)23-11-13-26(29-28-23)30-15-17-31(18-16-30)27(32)14-6-20-5-12-24(33-2)25(19-20)34-3/h5-14,19H,4,15-18H2,1-3H3/b14-6+. The first kappa shape index (κ1) is 24.1. The molecule has 1 aliphatic heterocycles. The second kappa shape index (κ2) is 11.4. The summed E-state index contributed by atoms with van der Waals surface area (Å²) in [6.45, 7) is 5.25. The molecule has 1 saturated heterocycles. The molecule has 182 valence electrons. The molecule has 0 unspecified atom stereocenters. The maximum absolute atomic E-state index is 12.7. The molecule has 1 amide bonds. The van der Waals surface area contributed by atoms with Gasteiger partial charge in [0.25, 0.3) is 0 Å². The second-order valence-electron chi connectivity index (χ2n) is 7.99. The molecule has 35 heavy (non-hydrogen) atoms. The number of piperazine rings is 1. The highest BCUT2D eigenvalue weighted by Gasteiger charge is 2.21. The van der Waals surface area contributed by atoms with Gasteiger partial charge < -0.3 is 24.0 Å². The molecule has 0 saturated carbocycles. The predicted molar refractivity (Wildman–Crippen MR) is 136 cm³/mol. The molecule has 8 heteroatoms. The number of nitrogens with zero attached hydrogens (tertiary/aromatic N) is 4. The zero-order chi connectivity index (χ0) is 24.6. The number of anilines is 1. The minimum absolute atomic E-state index is 0.0173. The van der Waals surface area contributed by atoms with Crippen LogP contribution in [0.1, 0.15) is 12.5 Å². The fourth-order valence-corrected chi connectivity index (χ4v) is 3.92. The number of carbonyl (C=O) groups excluding carboxylic acids is 1. The Balaban J connectivity index is 1.32. The van der Waals surface area contributed by atoms with E-state index < -0.39 is 0 Å². The van der Waals surface area contributed by atoms with Gasteiger partial charge in [-0.3, -0.25) is 4.79 Å². The Morgan fingerprint density at radius 1 is 0.914 bits per heavy atom. The van der Waals surface area contributed by atoms with Gasteiger partial charge in [0.15, 0.2) is 17.3 Å². The van der Waals surface area contributed by atoms with Crippen LogP contribution in [0, 0.1) is 0 Å². The summed E-state index contributed by atoms with van der Waals surface area (Å²) in [4.78, 5) is 16.7. The SMILES string of the molecule is CCOc1ccc(-c2ccc(N3CCN(C(=O)/C=C/c4ccc(OC)c(OC)c4)CC3)nn2)cc1. The number of hydrogen-bond acceptors (Lipinski definition) is 7. The molecule has 1 fully saturated rings. The third kappa shape index (κ3) is 5.90. The predicted octanol–water partition coefficient (Wildman–Crippen LogP) is 3.92. The average molecular weight is 475 g/mol. The van der Waals surface area contributed by atoms with Gasteiger partial charge >= 0.3 is 0 Å². The van der Waals surface area contributed by atoms with E-state index in [1.807, 2.05) is 66.4 Å². The topological polar surface area (TPSA) is 77.0 Å². The van der Waals surface area contributed by atoms with Gasteiger partial charge in [0.05, 0.1) is 26.5 Å². The second-order valence-corrected chi connectivity index (χ2v) is 7.99. The summed E-state index contributed by atoms with van der Waals surface area (Å²) >= 11 is 0. The molecule has 8 nitrogen and oxygen atoms in total. The molecule has 2 aromatic carbocycles. The van der Waals surface area contributed by atoms with Gasteiger partial charge in [-0.2, -0.15) is 0 Å². The summed E-state index contributed by atoms with van der Waals surface area (Å²) in [6.07, 6.45) is 3.39. The Labute approximate surface area is 205 Å². The van der Waals surface area contributed by atoms with E-state index in [1.165, 1.54) is 0 Å². The molecule has 1 aromatic heterocycles. The van der Waals surface area contributed by atoms with Crippen molar-refractivity contribution < 1.29 is 19.0 Å². The zero-order valence-electron chi connectivity index (χ0n) is 20.3. The van der Waals surface area contributed by atoms with Gasteiger partial charge in [-0.05, 0) is 67.1 Å². The van der Waals surface area contributed by atoms with E-state index in [0.29, 0.717) is 44.3 Å². The van der Waals surface area contributed by atoms with Crippen molar-refractivity contribution >= 4 is 17.8 Å². The van der Waals surface area contributed by atoms with Crippen molar-refractivity contribution in [3.63, 3.8) is 0 Å². The van der Waals surface area contributed by atoms with Crippen LogP contribution in [0.4, 0.5) is 5.82 Å². The van der Waals surface area contributed by atoms with E-state index in [1.54, 1.807) is 26.4 Å². The Morgan fingerprint density at radius 2 is 1.66 bits per heavy atom. The first-order chi connectivity index (χ1) is 17.1. The van der Waals surface area contributed by atoms with Gasteiger partial charge in [0, 0.05) is 37.8 Å². The van der Waals surface area contributed by atoms with Crippen LogP contribution >= 0.6 is 0 Å². The number of hydrogen-bond donors (Lipinski definition) is 0. The van der Waals surface area contributed by atoms with Crippen LogP contribution in [-0.2, 0) is 4.79 Å². The summed E-state index contributed by atoms with van der Waals surface area (Å²) < 4.78 is 16.1. The van der Waals surface area contributed by atoms with Crippen molar-refractivity contribution in [2.75, 3.05) is 51.9 Å². The van der Waals surface area contributed by atoms with Gasteiger partial charge in [-0.25, -0.2) is 0 Å². The van der Waals surface area contributed by atoms with E-state index in [4.69, 9.17) is 14.2 Å². The molecule has 0 atom stereocenters. The van der Waals surface area contributed by atoms with Crippen LogP contribution in [0.5, 0.6) is 17.2 Å². The molecule has 1 aliphatic rings. The molecule has 3 aromatic rings. The van der Waals surface area contributed by atoms with Gasteiger partial charge in [0.1, 0.15) is 5.75 Å². The molecule has 0 aliphatic carbocycles. The third-order valence-electron chi connectivity index (χ3n) is 5.85. The van der Waals surface area contributed by atoms with Crippen molar-refractivity contribution in [2.45, 2.75) is 6.92 Å². The molecule has 0 radical (unpaired) electrons. The summed E-state index contributed by atoms with van der Waals surface area (Å²) in [7, 11) is 3.19. The lowest BCUT2D eigenvalue weighted by atomic mass is 10.1. The third-order valence-corrected chi connectivity index (χ3v) is 5.85. The van der Waals surface area contributed by atoms with Crippen LogP contribution in [0.2, 0.25) is 0 Å². The van der Waals surface area contributed by atoms with Crippen molar-refractivity contribution in [3.05, 3.63) is 66.2 Å². The van der Waals surface area contributed by atoms with Crippen LogP contribution in [-0.4, -0.2) is 68.0 Å². The minimum Gasteiger partial charge on any atom is -0.494 e. The minimum atomic E-state index is -0.0173. The van der Waals surface area contributed by atoms with Crippen LogP contribution in [0.25, 0.3) is 17.3 Å². The monoisotopic (exact) mass is 474 g/mol. The smallest absolute Gasteiger partial charge is 0.246 e. The highest BCUT2D eigenvalue weighted by atomic mass is 16.5. The fraction of sp³-hybridized carbons (Fsp3) is 0.296. The largest absolute Gasteiger partial charge is 0.494 e. The lowest BCUT2D eigenvalue weighted by Gasteiger charge is -2.34. The molecular weight excluding hydrogens is 444 g/mol. The van der Waals surface area contributed by atoms with Crippen molar-refractivity contribution in [3.8, 4) is 28.5 Å². The van der Waals surface area contributed by atoms with Gasteiger partial charge in [-0.1, -0.05) is 6.07 Å². The fourth-order valence-electron chi connectivity index (χ4n) is 3.92. The number of rotatable bonds is 8. The van der Waals surface area contributed by atoms with Crippen molar-refractivity contribution in [2.24, 2.45) is 0 Å². The van der Waals surface area contributed by atoms with E-state index in [0.717, 1.165) is 28.4 Å². The summed E-state index contributed by atoms with van der Waals surface area (Å²) in [5.41, 5.74) is 2.67. The summed E-state index contributed by atoms with van der Waals surface area (Å²) in [6, 6.07) is 17.3. The van der Waals surface area contributed by atoms with Crippen LogP contribution in [0.3, 0.4) is 0 Å². The Morgan fingerprint density at radius 3 is 2.29 bits per heavy atom. The molecular formula is C27H30N4O4. The average Bonchev–Trinajstić information content (AvgIpc) is 2.92. The highest BCUT2D eigenvalue weighted by Crippen LogP contribution is 2.28. The first-order valence-corrected chi connectivity index (χ1v) is 11.6. The van der Waals surface area contributed by atoms with Crippen molar-refractivity contribution in [1.82, 2.24) is 15.1 Å². The zero-order valence-corrected chi connectivity index (χ0v) is 20.3. The molecule has 4 rings (SSSR count). The summed E-state index contributed by atoms with van der Waals surface area (Å²) in [5.74, 6) is 2.92. The molecule has 0 spiro atoms. The lowest BCUT2D eigenvalue weighted by Crippen LogP contribution is -2.48. The Hall–Kier alpha value is -4.07. The molecule has 0 bridgehead atoms. The van der Waals surface area contributed by atoms with Gasteiger partial charge in [0.2, 0.25) is 5.91 Å². The van der Waals surface area contributed by atoms with E-state index in [-0.39, 0.29) is 5.91 Å². The van der Waals surface area contributed by atoms with Crippen molar-refractivity contribution in [1.29, 1.82) is 0 Å². The van der Waals surface area contributed by atoms with Gasteiger partial charge in [-0.15, -0.1) is 10.2 Å². The number of amides is 1. The van der Waals surface area contributed by atoms with E-state index in [9.17, 15) is 4.79 Å². The Kier molecular flexibility index (Phi) is 7.82. The number of methoxy groups -OCH3 is 2. The molecule has 2 heterocycles. The number of aromatic nitrogens is 2. The number of ether oxygens (including phenoxy) is 3. The first-order valence-electron chi connectivity index (χ1n) is 11.6. The Bertz CT molecular complexity index is 1150. The lowest BCUT2D eigenvalue weighted by molar-refractivity contribution is -0.126. The van der Waals surface area contributed by atoms with Crippen LogP contribution in [0.15, 0.2) is 60.7 Å². The van der Waals surface area contributed by atoms with E-state index >= 15 is 0 Å². The van der Waals surface area contributed by atoms with Crippen LogP contribution < -0.4 is 19.1 Å². The number of carbonyl (C=O) groups is 1. The normalized spacial score (nSPS) is 13.7.